The Morgan fingerprint density at radius 1 is 1.33 bits per heavy atom. The first-order chi connectivity index (χ1) is 8.72. The van der Waals surface area contributed by atoms with Gasteiger partial charge in [-0.15, -0.1) is 11.3 Å². The van der Waals surface area contributed by atoms with E-state index >= 15 is 0 Å². The Bertz CT molecular complexity index is 365. The third-order valence-corrected chi connectivity index (χ3v) is 3.11. The van der Waals surface area contributed by atoms with Gasteiger partial charge < -0.3 is 15.4 Å². The molecule has 0 fully saturated rings. The predicted octanol–water partition coefficient (Wildman–Crippen LogP) is 1.54. The topological polar surface area (TPSA) is 67.4 Å². The molecule has 1 heterocycles. The maximum Gasteiger partial charge on any atom is 0.407 e. The van der Waals surface area contributed by atoms with Crippen molar-refractivity contribution in [2.24, 2.45) is 0 Å². The quantitative estimate of drug-likeness (QED) is 0.790. The maximum atomic E-state index is 11.4. The first-order valence-electron chi connectivity index (χ1n) is 5.92. The number of hydrogen-bond acceptors (Lipinski definition) is 4. The lowest BCUT2D eigenvalue weighted by Crippen LogP contribution is -2.31. The molecule has 18 heavy (non-hydrogen) atoms. The van der Waals surface area contributed by atoms with Gasteiger partial charge in [0, 0.05) is 24.4 Å². The van der Waals surface area contributed by atoms with Crippen LogP contribution in [0.25, 0.3) is 0 Å². The van der Waals surface area contributed by atoms with E-state index in [1.165, 1.54) is 4.88 Å². The first-order valence-corrected chi connectivity index (χ1v) is 6.80. The summed E-state index contributed by atoms with van der Waals surface area (Å²) in [7, 11) is 0. The maximum absolute atomic E-state index is 11.4. The van der Waals surface area contributed by atoms with Gasteiger partial charge >= 0.3 is 6.09 Å². The van der Waals surface area contributed by atoms with E-state index in [9.17, 15) is 9.59 Å². The van der Waals surface area contributed by atoms with Crippen molar-refractivity contribution in [1.29, 1.82) is 0 Å². The highest BCUT2D eigenvalue weighted by Gasteiger charge is 2.03. The highest BCUT2D eigenvalue weighted by atomic mass is 32.1. The zero-order chi connectivity index (χ0) is 13.2. The Morgan fingerprint density at radius 2 is 2.17 bits per heavy atom. The third kappa shape index (κ3) is 6.24. The van der Waals surface area contributed by atoms with E-state index in [4.69, 9.17) is 0 Å². The molecule has 0 saturated heterocycles. The fourth-order valence-corrected chi connectivity index (χ4v) is 2.04. The number of hydrogen-bond donors (Lipinski definition) is 2. The van der Waals surface area contributed by atoms with Crippen LogP contribution in [-0.2, 0) is 16.0 Å². The molecule has 0 saturated carbocycles. The molecule has 0 aliphatic carbocycles. The van der Waals surface area contributed by atoms with E-state index in [2.05, 4.69) is 15.4 Å². The van der Waals surface area contributed by atoms with Gasteiger partial charge in [-0.3, -0.25) is 4.79 Å². The molecule has 0 spiro atoms. The Kier molecular flexibility index (Phi) is 6.86. The van der Waals surface area contributed by atoms with E-state index < -0.39 is 6.09 Å². The molecule has 1 rings (SSSR count). The van der Waals surface area contributed by atoms with Crippen LogP contribution < -0.4 is 10.6 Å². The van der Waals surface area contributed by atoms with Crippen LogP contribution in [0.5, 0.6) is 0 Å². The van der Waals surface area contributed by atoms with Gasteiger partial charge in [0.1, 0.15) is 0 Å². The van der Waals surface area contributed by atoms with Gasteiger partial charge in [-0.1, -0.05) is 6.07 Å². The van der Waals surface area contributed by atoms with Crippen molar-refractivity contribution in [3.05, 3.63) is 22.4 Å². The van der Waals surface area contributed by atoms with Gasteiger partial charge in [0.15, 0.2) is 0 Å². The molecule has 1 aromatic rings. The normalized spacial score (nSPS) is 9.83. The smallest absolute Gasteiger partial charge is 0.407 e. The van der Waals surface area contributed by atoms with Gasteiger partial charge in [0.05, 0.1) is 6.61 Å². The highest BCUT2D eigenvalue weighted by molar-refractivity contribution is 7.09. The molecule has 0 aliphatic rings. The van der Waals surface area contributed by atoms with Crippen molar-refractivity contribution >= 4 is 23.3 Å². The summed E-state index contributed by atoms with van der Waals surface area (Å²) in [5.41, 5.74) is 0. The second kappa shape index (κ2) is 8.52. The first kappa shape index (κ1) is 14.5. The fraction of sp³-hybridized carbons (Fsp3) is 0.500. The number of amides is 2. The number of ether oxygens (including phenoxy) is 1. The van der Waals surface area contributed by atoms with Crippen molar-refractivity contribution < 1.29 is 14.3 Å². The molecule has 100 valence electrons. The summed E-state index contributed by atoms with van der Waals surface area (Å²) in [6.45, 7) is 2.98. The average Bonchev–Trinajstić information content (AvgIpc) is 2.82. The number of carbonyl (C=O) groups excluding carboxylic acids is 2. The molecule has 0 aliphatic heterocycles. The molecule has 0 atom stereocenters. The predicted molar refractivity (Wildman–Crippen MR) is 70.7 cm³/mol. The second-order valence-corrected chi connectivity index (χ2v) is 4.61. The molecule has 0 unspecified atom stereocenters. The van der Waals surface area contributed by atoms with Crippen LogP contribution in [0.15, 0.2) is 17.5 Å². The van der Waals surface area contributed by atoms with E-state index in [1.807, 2.05) is 17.5 Å². The second-order valence-electron chi connectivity index (χ2n) is 3.58. The molecule has 0 radical (unpaired) electrons. The van der Waals surface area contributed by atoms with Crippen molar-refractivity contribution in [1.82, 2.24) is 10.6 Å². The molecular weight excluding hydrogens is 252 g/mol. The summed E-state index contributed by atoms with van der Waals surface area (Å²) in [6, 6.07) is 4.03. The minimum Gasteiger partial charge on any atom is -0.450 e. The monoisotopic (exact) mass is 270 g/mol. The summed E-state index contributed by atoms with van der Waals surface area (Å²) in [5, 5.41) is 7.32. The zero-order valence-corrected chi connectivity index (χ0v) is 11.2. The van der Waals surface area contributed by atoms with Crippen LogP contribution in [0, 0.1) is 0 Å². The van der Waals surface area contributed by atoms with Gasteiger partial charge in [-0.05, 0) is 24.8 Å². The van der Waals surface area contributed by atoms with Crippen LogP contribution in [0.1, 0.15) is 18.2 Å². The van der Waals surface area contributed by atoms with Crippen molar-refractivity contribution in [2.75, 3.05) is 19.7 Å². The fourth-order valence-electron chi connectivity index (χ4n) is 1.33. The minimum absolute atomic E-state index is 0.0663. The summed E-state index contributed by atoms with van der Waals surface area (Å²) in [5.74, 6) is -0.0663. The lowest BCUT2D eigenvalue weighted by atomic mass is 10.3. The van der Waals surface area contributed by atoms with Crippen LogP contribution in [-0.4, -0.2) is 31.7 Å². The molecule has 0 aromatic carbocycles. The Hall–Kier alpha value is -1.56. The number of thiophene rings is 1. The third-order valence-electron chi connectivity index (χ3n) is 2.17. The van der Waals surface area contributed by atoms with Crippen LogP contribution in [0.4, 0.5) is 4.79 Å². The van der Waals surface area contributed by atoms with Gasteiger partial charge in [-0.25, -0.2) is 4.79 Å². The van der Waals surface area contributed by atoms with Gasteiger partial charge in [-0.2, -0.15) is 0 Å². The molecule has 1 aromatic heterocycles. The Labute approximate surface area is 111 Å². The lowest BCUT2D eigenvalue weighted by molar-refractivity contribution is -0.120. The number of carbonyl (C=O) groups is 2. The van der Waals surface area contributed by atoms with Gasteiger partial charge in [0.2, 0.25) is 5.91 Å². The van der Waals surface area contributed by atoms with Crippen molar-refractivity contribution in [3.8, 4) is 0 Å². The van der Waals surface area contributed by atoms with Crippen LogP contribution in [0.3, 0.4) is 0 Å². The molecule has 0 bridgehead atoms. The highest BCUT2D eigenvalue weighted by Crippen LogP contribution is 2.07. The number of nitrogens with one attached hydrogen (secondary N) is 2. The summed E-state index contributed by atoms with van der Waals surface area (Å²) in [4.78, 5) is 23.6. The van der Waals surface area contributed by atoms with E-state index in [-0.39, 0.29) is 12.3 Å². The summed E-state index contributed by atoms with van der Waals surface area (Å²) >= 11 is 1.68. The molecule has 5 nitrogen and oxygen atoms in total. The van der Waals surface area contributed by atoms with Gasteiger partial charge in [0.25, 0.3) is 0 Å². The Balaban J connectivity index is 2.02. The van der Waals surface area contributed by atoms with Crippen molar-refractivity contribution in [2.45, 2.75) is 19.8 Å². The minimum atomic E-state index is -0.483. The molecule has 2 N–H and O–H groups in total. The zero-order valence-electron chi connectivity index (χ0n) is 10.4. The Morgan fingerprint density at radius 3 is 2.83 bits per heavy atom. The van der Waals surface area contributed by atoms with Crippen LogP contribution >= 0.6 is 11.3 Å². The SMILES string of the molecule is CCOC(=O)NCCC(=O)NCCc1cccs1. The van der Waals surface area contributed by atoms with Crippen LogP contribution in [0.2, 0.25) is 0 Å². The summed E-state index contributed by atoms with van der Waals surface area (Å²) in [6.07, 6.45) is 0.627. The van der Waals surface area contributed by atoms with E-state index in [0.29, 0.717) is 19.7 Å². The van der Waals surface area contributed by atoms with E-state index in [0.717, 1.165) is 6.42 Å². The standard InChI is InChI=1S/C12H18N2O3S/c1-2-17-12(16)14-8-6-11(15)13-7-5-10-4-3-9-18-10/h3-4,9H,2,5-8H2,1H3,(H,13,15)(H,14,16). The summed E-state index contributed by atoms with van der Waals surface area (Å²) < 4.78 is 4.67. The average molecular weight is 270 g/mol. The number of rotatable bonds is 7. The lowest BCUT2D eigenvalue weighted by Gasteiger charge is -2.06. The van der Waals surface area contributed by atoms with Crippen molar-refractivity contribution in [3.63, 3.8) is 0 Å². The number of alkyl carbamates (subject to hydrolysis) is 1. The molecule has 2 amide bonds. The molecular formula is C12H18N2O3S. The molecule has 6 heteroatoms. The van der Waals surface area contributed by atoms with E-state index in [1.54, 1.807) is 18.3 Å². The largest absolute Gasteiger partial charge is 0.450 e.